The van der Waals surface area contributed by atoms with Gasteiger partial charge < -0.3 is 24.2 Å². The summed E-state index contributed by atoms with van der Waals surface area (Å²) in [4.78, 5) is 35.9. The normalized spacial score (nSPS) is 18.2. The van der Waals surface area contributed by atoms with Crippen molar-refractivity contribution in [1.29, 1.82) is 0 Å². The summed E-state index contributed by atoms with van der Waals surface area (Å²) in [7, 11) is 3.26. The number of likely N-dealkylation sites (N-methyl/N-ethyl adjacent to an activating group) is 1. The second kappa shape index (κ2) is 13.3. The molecule has 3 rings (SSSR count). The minimum Gasteiger partial charge on any atom is -0.494 e. The van der Waals surface area contributed by atoms with Crippen LogP contribution in [0.4, 0.5) is 0 Å². The third-order valence-electron chi connectivity index (χ3n) is 6.19. The lowest BCUT2D eigenvalue weighted by Crippen LogP contribution is -2.48. The van der Waals surface area contributed by atoms with Gasteiger partial charge >= 0.3 is 5.97 Å². The highest BCUT2D eigenvalue weighted by atomic mass is 16.6. The number of aliphatic hydroxyl groups excluding tert-OH is 1. The number of ether oxygens (including phenoxy) is 3. The summed E-state index contributed by atoms with van der Waals surface area (Å²) in [5.74, 6) is 0.0729. The summed E-state index contributed by atoms with van der Waals surface area (Å²) >= 11 is 0. The zero-order chi connectivity index (χ0) is 29.3. The zero-order valence-electron chi connectivity index (χ0n) is 23.7. The van der Waals surface area contributed by atoms with Crippen LogP contribution in [0.3, 0.4) is 0 Å². The van der Waals surface area contributed by atoms with Crippen LogP contribution in [-0.2, 0) is 25.6 Å². The van der Waals surface area contributed by atoms with E-state index in [0.29, 0.717) is 35.5 Å². The molecule has 2 aromatic rings. The predicted molar refractivity (Wildman–Crippen MR) is 150 cm³/mol. The first-order chi connectivity index (χ1) is 19.0. The average Bonchev–Trinajstić information content (AvgIpc) is 3.30. The van der Waals surface area contributed by atoms with Crippen molar-refractivity contribution in [3.8, 4) is 5.75 Å². The molecule has 40 heavy (non-hydrogen) atoms. The van der Waals surface area contributed by atoms with Crippen LogP contribution in [0.2, 0.25) is 0 Å². The molecule has 0 fully saturated rings. The molecule has 0 spiro atoms. The van der Waals surface area contributed by atoms with E-state index in [4.69, 9.17) is 29.8 Å². The molecule has 0 aliphatic carbocycles. The number of nitrogens with zero attached hydrogens (tertiary/aromatic N) is 5. The highest BCUT2D eigenvalue weighted by Gasteiger charge is 2.54. The summed E-state index contributed by atoms with van der Waals surface area (Å²) in [5.41, 5.74) is 8.71. The highest BCUT2D eigenvalue weighted by Crippen LogP contribution is 2.45. The van der Waals surface area contributed by atoms with Crippen LogP contribution < -0.4 is 4.74 Å². The van der Waals surface area contributed by atoms with Crippen LogP contribution >= 0.6 is 0 Å². The van der Waals surface area contributed by atoms with Gasteiger partial charge in [-0.25, -0.2) is 4.99 Å². The maximum atomic E-state index is 13.9. The van der Waals surface area contributed by atoms with E-state index in [1.165, 1.54) is 4.90 Å². The molecule has 214 valence electrons. The molecule has 1 heterocycles. The van der Waals surface area contributed by atoms with Crippen LogP contribution in [0.5, 0.6) is 5.75 Å². The number of benzene rings is 2. The van der Waals surface area contributed by atoms with Gasteiger partial charge in [-0.05, 0) is 68.1 Å². The van der Waals surface area contributed by atoms with E-state index < -0.39 is 23.2 Å². The van der Waals surface area contributed by atoms with Gasteiger partial charge in [-0.3, -0.25) is 9.59 Å². The molecule has 0 saturated heterocycles. The average molecular weight is 552 g/mol. The third kappa shape index (κ3) is 7.52. The first-order valence-corrected chi connectivity index (χ1v) is 13.1. The molecular formula is C29H37N5O6. The van der Waals surface area contributed by atoms with E-state index in [0.717, 1.165) is 0 Å². The Morgan fingerprint density at radius 2 is 1.88 bits per heavy atom. The minimum absolute atomic E-state index is 0.0330. The summed E-state index contributed by atoms with van der Waals surface area (Å²) in [6, 6.07) is 14.3. The fraction of sp³-hybridized carbons (Fsp3) is 0.483. The van der Waals surface area contributed by atoms with Gasteiger partial charge in [0.1, 0.15) is 11.4 Å². The van der Waals surface area contributed by atoms with Gasteiger partial charge in [-0.2, -0.15) is 0 Å². The maximum Gasteiger partial charge on any atom is 0.306 e. The fourth-order valence-electron chi connectivity index (χ4n) is 4.44. The molecule has 2 atom stereocenters. The molecule has 0 unspecified atom stereocenters. The lowest BCUT2D eigenvalue weighted by atomic mass is 9.81. The second-order valence-electron chi connectivity index (χ2n) is 10.7. The van der Waals surface area contributed by atoms with Crippen LogP contribution in [0.1, 0.15) is 62.8 Å². The highest BCUT2D eigenvalue weighted by molar-refractivity contribution is 6.01. The maximum absolute atomic E-state index is 13.9. The molecule has 0 aromatic heterocycles. The first-order valence-electron chi connectivity index (χ1n) is 13.1. The van der Waals surface area contributed by atoms with Crippen molar-refractivity contribution in [3.63, 3.8) is 0 Å². The number of esters is 1. The fourth-order valence-corrected chi connectivity index (χ4v) is 4.44. The van der Waals surface area contributed by atoms with E-state index in [-0.39, 0.29) is 37.8 Å². The lowest BCUT2D eigenvalue weighted by Gasteiger charge is -2.33. The topological polar surface area (TPSA) is 146 Å². The van der Waals surface area contributed by atoms with Crippen molar-refractivity contribution >= 4 is 17.8 Å². The Morgan fingerprint density at radius 1 is 1.18 bits per heavy atom. The van der Waals surface area contributed by atoms with Gasteiger partial charge in [-0.15, -0.1) is 0 Å². The van der Waals surface area contributed by atoms with Crippen molar-refractivity contribution in [2.75, 3.05) is 27.3 Å². The zero-order valence-corrected chi connectivity index (χ0v) is 23.7. The number of aliphatic hydroxyl groups is 1. The summed E-state index contributed by atoms with van der Waals surface area (Å²) in [6.45, 7) is 5.82. The van der Waals surface area contributed by atoms with E-state index >= 15 is 0 Å². The van der Waals surface area contributed by atoms with Gasteiger partial charge in [0.15, 0.2) is 11.6 Å². The number of rotatable bonds is 12. The van der Waals surface area contributed by atoms with Gasteiger partial charge in [0.25, 0.3) is 5.91 Å². The quantitative estimate of drug-likeness (QED) is 0.133. The smallest absolute Gasteiger partial charge is 0.306 e. The minimum atomic E-state index is -1.49. The Kier molecular flexibility index (Phi) is 10.1. The molecule has 1 aliphatic rings. The molecule has 0 bridgehead atoms. The van der Waals surface area contributed by atoms with E-state index in [1.807, 2.05) is 24.3 Å². The standard InChI is InChI=1S/C29H37N5O6/c1-28(2,3)40-24(36)15-16-29(27(37)34(4)5)25(23-10-7-6-9-21(23)19-31-33-30)39-26(32-29)20-11-13-22(14-12-20)38-18-8-17-35/h6-7,9-14,25,35H,8,15-19H2,1-5H3/t25-,29-/m0/s1. The van der Waals surface area contributed by atoms with Crippen molar-refractivity contribution in [1.82, 2.24) is 4.90 Å². The number of carbonyl (C=O) groups is 2. The Labute approximate surface area is 234 Å². The first kappa shape index (κ1) is 30.5. The number of amides is 1. The Morgan fingerprint density at radius 3 is 2.50 bits per heavy atom. The Bertz CT molecular complexity index is 1260. The molecule has 0 radical (unpaired) electrons. The summed E-state index contributed by atoms with van der Waals surface area (Å²) in [6.07, 6.45) is -0.415. The Balaban J connectivity index is 2.08. The van der Waals surface area contributed by atoms with Gasteiger partial charge in [0.05, 0.1) is 13.2 Å². The Hall–Kier alpha value is -4.08. The molecular weight excluding hydrogens is 514 g/mol. The largest absolute Gasteiger partial charge is 0.494 e. The van der Waals surface area contributed by atoms with E-state index in [2.05, 4.69) is 10.0 Å². The number of azide groups is 1. The molecule has 11 nitrogen and oxygen atoms in total. The number of hydrogen-bond donors (Lipinski definition) is 1. The number of hydrogen-bond acceptors (Lipinski definition) is 8. The summed E-state index contributed by atoms with van der Waals surface area (Å²) < 4.78 is 17.6. The molecule has 2 aromatic carbocycles. The van der Waals surface area contributed by atoms with E-state index in [9.17, 15) is 9.59 Å². The molecule has 1 N–H and O–H groups in total. The van der Waals surface area contributed by atoms with Gasteiger partial charge in [-0.1, -0.05) is 29.4 Å². The van der Waals surface area contributed by atoms with Crippen LogP contribution in [0.15, 0.2) is 58.6 Å². The molecule has 0 saturated carbocycles. The van der Waals surface area contributed by atoms with E-state index in [1.54, 1.807) is 59.1 Å². The van der Waals surface area contributed by atoms with Crippen LogP contribution in [0, 0.1) is 0 Å². The summed E-state index contributed by atoms with van der Waals surface area (Å²) in [5, 5.41) is 12.7. The van der Waals surface area contributed by atoms with Crippen molar-refractivity contribution in [3.05, 3.63) is 75.7 Å². The van der Waals surface area contributed by atoms with Crippen molar-refractivity contribution < 1.29 is 28.9 Å². The van der Waals surface area contributed by atoms with Crippen LogP contribution in [-0.4, -0.2) is 66.2 Å². The predicted octanol–water partition coefficient (Wildman–Crippen LogP) is 4.73. The third-order valence-corrected chi connectivity index (χ3v) is 6.19. The number of aliphatic imine (C=N–C) groups is 1. The van der Waals surface area contributed by atoms with Crippen molar-refractivity contribution in [2.45, 2.75) is 63.8 Å². The monoisotopic (exact) mass is 551 g/mol. The number of carbonyl (C=O) groups excluding carboxylic acids is 2. The SMILES string of the molecule is CN(C)C(=O)[C@@]1(CCC(=O)OC(C)(C)C)N=C(c2ccc(OCCCO)cc2)O[C@H]1c1ccccc1CN=[N+]=[N-]. The van der Waals surface area contributed by atoms with Gasteiger partial charge in [0.2, 0.25) is 5.90 Å². The molecule has 11 heteroatoms. The van der Waals surface area contributed by atoms with Crippen molar-refractivity contribution in [2.24, 2.45) is 10.1 Å². The molecule has 1 amide bonds. The van der Waals surface area contributed by atoms with Gasteiger partial charge in [0, 0.05) is 44.0 Å². The lowest BCUT2D eigenvalue weighted by molar-refractivity contribution is -0.155. The molecule has 1 aliphatic heterocycles. The second-order valence-corrected chi connectivity index (χ2v) is 10.7. The van der Waals surface area contributed by atoms with Crippen LogP contribution in [0.25, 0.3) is 10.4 Å².